The highest BCUT2D eigenvalue weighted by atomic mass is 19.4. The molecule has 0 fully saturated rings. The average molecular weight is 480 g/mol. The maximum absolute atomic E-state index is 14.1. The maximum atomic E-state index is 14.1. The van der Waals surface area contributed by atoms with Crippen LogP contribution < -0.4 is 0 Å². The molecule has 2 aromatic rings. The SMILES string of the molecule is FC(F)(F)C(F)(F)C(F)(F)c1cc(C(F)(F)C(F)(F)C(F)(F)F)n(-c2ccccc2)n1. The summed E-state index contributed by atoms with van der Waals surface area (Å²) < 4.78 is 183. The molecule has 0 radical (unpaired) electrons. The second-order valence-electron chi connectivity index (χ2n) is 5.96. The van der Waals surface area contributed by atoms with Crippen LogP contribution in [0.25, 0.3) is 5.69 Å². The highest BCUT2D eigenvalue weighted by molar-refractivity contribution is 5.37. The fourth-order valence-electron chi connectivity index (χ4n) is 2.20. The molecule has 0 spiro atoms. The summed E-state index contributed by atoms with van der Waals surface area (Å²) in [4.78, 5) is 0. The number of halogens is 14. The summed E-state index contributed by atoms with van der Waals surface area (Å²) in [6.07, 6.45) is -13.9. The zero-order valence-electron chi connectivity index (χ0n) is 14.2. The van der Waals surface area contributed by atoms with Gasteiger partial charge in [0, 0.05) is 0 Å². The number of hydrogen-bond acceptors (Lipinski definition) is 1. The minimum Gasteiger partial charge on any atom is -0.231 e. The van der Waals surface area contributed by atoms with Gasteiger partial charge in [-0.2, -0.15) is 66.6 Å². The van der Waals surface area contributed by atoms with Gasteiger partial charge in [-0.25, -0.2) is 4.68 Å². The maximum Gasteiger partial charge on any atom is 0.460 e. The Kier molecular flexibility index (Phi) is 5.57. The lowest BCUT2D eigenvalue weighted by molar-refractivity contribution is -0.361. The summed E-state index contributed by atoms with van der Waals surface area (Å²) in [5.41, 5.74) is -6.42. The van der Waals surface area contributed by atoms with E-state index in [0.717, 1.165) is 18.2 Å². The molecule has 0 unspecified atom stereocenters. The standard InChI is InChI=1S/C15H6F14N2/c16-10(17,12(20,21)14(24,25)26)8-6-9(11(18,19)13(22,23)15(27,28)29)31(30-8)7-4-2-1-3-5-7/h1-6H. The Bertz CT molecular complexity index is 923. The third-order valence-electron chi connectivity index (χ3n) is 3.85. The Morgan fingerprint density at radius 3 is 1.42 bits per heavy atom. The van der Waals surface area contributed by atoms with Crippen molar-refractivity contribution in [2.24, 2.45) is 0 Å². The predicted octanol–water partition coefficient (Wildman–Crippen LogP) is 6.45. The van der Waals surface area contributed by atoms with Crippen LogP contribution in [0.15, 0.2) is 36.4 Å². The predicted molar refractivity (Wildman–Crippen MR) is 73.4 cm³/mol. The Hall–Kier alpha value is -2.55. The molecular formula is C15H6F14N2. The van der Waals surface area contributed by atoms with Crippen LogP contribution in [0, 0.1) is 0 Å². The molecule has 1 aromatic heterocycles. The van der Waals surface area contributed by atoms with Crippen molar-refractivity contribution in [1.82, 2.24) is 9.78 Å². The van der Waals surface area contributed by atoms with E-state index < -0.39 is 63.9 Å². The molecule has 0 amide bonds. The lowest BCUT2D eigenvalue weighted by Gasteiger charge is -2.28. The van der Waals surface area contributed by atoms with Crippen LogP contribution in [0.2, 0.25) is 0 Å². The van der Waals surface area contributed by atoms with E-state index in [1.54, 1.807) is 0 Å². The van der Waals surface area contributed by atoms with Crippen LogP contribution in [0.1, 0.15) is 11.4 Å². The zero-order chi connectivity index (χ0) is 24.3. The molecule has 2 rings (SSSR count). The summed E-state index contributed by atoms with van der Waals surface area (Å²) >= 11 is 0. The Morgan fingerprint density at radius 2 is 1.00 bits per heavy atom. The van der Waals surface area contributed by atoms with Crippen molar-refractivity contribution in [3.63, 3.8) is 0 Å². The van der Waals surface area contributed by atoms with Gasteiger partial charge in [0.25, 0.3) is 0 Å². The van der Waals surface area contributed by atoms with Gasteiger partial charge in [-0.15, -0.1) is 0 Å². The number of benzene rings is 1. The van der Waals surface area contributed by atoms with Crippen LogP contribution >= 0.6 is 0 Å². The number of aromatic nitrogens is 2. The Morgan fingerprint density at radius 1 is 0.581 bits per heavy atom. The second kappa shape index (κ2) is 6.98. The highest BCUT2D eigenvalue weighted by Crippen LogP contribution is 2.55. The first-order chi connectivity index (χ1) is 13.7. The van der Waals surface area contributed by atoms with Crippen LogP contribution in [0.3, 0.4) is 0 Å². The van der Waals surface area contributed by atoms with Crippen molar-refractivity contribution in [1.29, 1.82) is 0 Å². The molecule has 0 aliphatic rings. The molecule has 1 aromatic carbocycles. The third-order valence-corrected chi connectivity index (χ3v) is 3.85. The van der Waals surface area contributed by atoms with E-state index in [1.165, 1.54) is 0 Å². The van der Waals surface area contributed by atoms with Crippen LogP contribution in [0.4, 0.5) is 61.5 Å². The molecule has 0 atom stereocenters. The van der Waals surface area contributed by atoms with Crippen molar-refractivity contribution in [2.45, 2.75) is 36.0 Å². The number of para-hydroxylation sites is 1. The van der Waals surface area contributed by atoms with E-state index in [-0.39, 0.29) is 0 Å². The van der Waals surface area contributed by atoms with Gasteiger partial charge >= 0.3 is 36.0 Å². The van der Waals surface area contributed by atoms with Gasteiger partial charge in [-0.1, -0.05) is 18.2 Å². The zero-order valence-corrected chi connectivity index (χ0v) is 14.2. The summed E-state index contributed by atoms with van der Waals surface area (Å²) in [5, 5.41) is 2.40. The average Bonchev–Trinajstić information content (AvgIpc) is 3.07. The lowest BCUT2D eigenvalue weighted by Crippen LogP contribution is -2.51. The second-order valence-corrected chi connectivity index (χ2v) is 5.96. The lowest BCUT2D eigenvalue weighted by atomic mass is 10.0. The fourth-order valence-corrected chi connectivity index (χ4v) is 2.20. The largest absolute Gasteiger partial charge is 0.460 e. The van der Waals surface area contributed by atoms with E-state index in [0.29, 0.717) is 12.1 Å². The molecule has 174 valence electrons. The normalized spacial score (nSPS) is 14.8. The summed E-state index contributed by atoms with van der Waals surface area (Å²) in [6.45, 7) is 0. The van der Waals surface area contributed by atoms with Gasteiger partial charge in [-0.05, 0) is 18.2 Å². The van der Waals surface area contributed by atoms with E-state index in [4.69, 9.17) is 0 Å². The molecule has 31 heavy (non-hydrogen) atoms. The van der Waals surface area contributed by atoms with Crippen molar-refractivity contribution in [3.05, 3.63) is 47.8 Å². The van der Waals surface area contributed by atoms with Crippen LogP contribution in [-0.4, -0.2) is 34.0 Å². The van der Waals surface area contributed by atoms with Gasteiger partial charge in [0.15, 0.2) is 0 Å². The molecule has 2 nitrogen and oxygen atoms in total. The molecule has 0 aliphatic heterocycles. The first-order valence-corrected chi connectivity index (χ1v) is 7.50. The van der Waals surface area contributed by atoms with Gasteiger partial charge in [-0.3, -0.25) is 0 Å². The molecule has 16 heteroatoms. The van der Waals surface area contributed by atoms with Crippen LogP contribution in [0.5, 0.6) is 0 Å². The van der Waals surface area contributed by atoms with Gasteiger partial charge in [0.1, 0.15) is 11.4 Å². The molecular weight excluding hydrogens is 474 g/mol. The van der Waals surface area contributed by atoms with Crippen molar-refractivity contribution in [2.75, 3.05) is 0 Å². The molecule has 0 bridgehead atoms. The minimum absolute atomic E-state index is 0.655. The van der Waals surface area contributed by atoms with Crippen molar-refractivity contribution >= 4 is 0 Å². The minimum atomic E-state index is -6.96. The van der Waals surface area contributed by atoms with Gasteiger partial charge in [0.05, 0.1) is 5.69 Å². The third kappa shape index (κ3) is 3.69. The van der Waals surface area contributed by atoms with Crippen molar-refractivity contribution < 1.29 is 61.5 Å². The molecule has 0 saturated carbocycles. The molecule has 0 saturated heterocycles. The topological polar surface area (TPSA) is 17.8 Å². The van der Waals surface area contributed by atoms with E-state index in [1.807, 2.05) is 0 Å². The number of rotatable bonds is 5. The summed E-state index contributed by atoms with van der Waals surface area (Å²) in [5.74, 6) is -26.7. The van der Waals surface area contributed by atoms with Gasteiger partial charge < -0.3 is 0 Å². The van der Waals surface area contributed by atoms with E-state index >= 15 is 0 Å². The van der Waals surface area contributed by atoms with Crippen LogP contribution in [-0.2, 0) is 11.8 Å². The van der Waals surface area contributed by atoms with E-state index in [9.17, 15) is 61.5 Å². The quantitative estimate of drug-likeness (QED) is 0.450. The number of alkyl halides is 14. The molecule has 0 N–H and O–H groups in total. The Balaban J connectivity index is 2.83. The van der Waals surface area contributed by atoms with Crippen molar-refractivity contribution in [3.8, 4) is 5.69 Å². The first kappa shape index (κ1) is 24.7. The Labute approximate surface area is 162 Å². The number of nitrogens with zero attached hydrogens (tertiary/aromatic N) is 2. The smallest absolute Gasteiger partial charge is 0.231 e. The summed E-state index contributed by atoms with van der Waals surface area (Å²) in [6, 6.07) is 3.25. The fraction of sp³-hybridized carbons (Fsp3) is 0.400. The highest BCUT2D eigenvalue weighted by Gasteiger charge is 2.77. The summed E-state index contributed by atoms with van der Waals surface area (Å²) in [7, 11) is 0. The van der Waals surface area contributed by atoms with E-state index in [2.05, 4.69) is 5.10 Å². The van der Waals surface area contributed by atoms with Gasteiger partial charge in [0.2, 0.25) is 0 Å². The monoisotopic (exact) mass is 480 g/mol. The molecule has 0 aliphatic carbocycles. The number of hydrogen-bond donors (Lipinski definition) is 0. The molecule has 1 heterocycles. The first-order valence-electron chi connectivity index (χ1n) is 7.50.